The van der Waals surface area contributed by atoms with E-state index in [-0.39, 0.29) is 16.6 Å². The molecule has 0 spiro atoms. The van der Waals surface area contributed by atoms with Crippen LogP contribution >= 0.6 is 12.2 Å². The van der Waals surface area contributed by atoms with E-state index < -0.39 is 0 Å². The molecule has 122 valence electrons. The van der Waals surface area contributed by atoms with Crippen molar-refractivity contribution < 1.29 is 19.0 Å². The molecule has 0 atom stereocenters. The molecule has 0 bridgehead atoms. The van der Waals surface area contributed by atoms with Crippen LogP contribution < -0.4 is 24.8 Å². The van der Waals surface area contributed by atoms with Crippen LogP contribution in [-0.4, -0.2) is 37.9 Å². The Hall–Kier alpha value is -2.02. The summed E-state index contributed by atoms with van der Waals surface area (Å²) in [6.45, 7) is 5.85. The highest BCUT2D eigenvalue weighted by Crippen LogP contribution is 2.38. The van der Waals surface area contributed by atoms with E-state index >= 15 is 0 Å². The van der Waals surface area contributed by atoms with Gasteiger partial charge in [0.05, 0.1) is 21.3 Å². The van der Waals surface area contributed by atoms with Crippen LogP contribution in [0.5, 0.6) is 17.2 Å². The largest absolute Gasteiger partial charge is 0.493 e. The van der Waals surface area contributed by atoms with E-state index in [0.717, 1.165) is 0 Å². The number of rotatable bonds is 4. The number of ether oxygens (including phenoxy) is 3. The fraction of sp³-hybridized carbons (Fsp3) is 0.467. The predicted molar refractivity (Wildman–Crippen MR) is 89.1 cm³/mol. The maximum Gasteiger partial charge on any atom is 0.257 e. The molecule has 0 fully saturated rings. The molecule has 0 unspecified atom stereocenters. The topological polar surface area (TPSA) is 68.8 Å². The van der Waals surface area contributed by atoms with Gasteiger partial charge < -0.3 is 19.5 Å². The number of hydrogen-bond donors (Lipinski definition) is 2. The first-order valence-electron chi connectivity index (χ1n) is 6.65. The molecule has 0 aromatic heterocycles. The maximum absolute atomic E-state index is 12.3. The van der Waals surface area contributed by atoms with Crippen molar-refractivity contribution in [1.82, 2.24) is 10.6 Å². The highest BCUT2D eigenvalue weighted by molar-refractivity contribution is 7.80. The number of carbonyl (C=O) groups excluding carboxylic acids is 1. The molecule has 6 nitrogen and oxygen atoms in total. The molecule has 7 heteroatoms. The van der Waals surface area contributed by atoms with Gasteiger partial charge in [-0.1, -0.05) is 0 Å². The van der Waals surface area contributed by atoms with Crippen LogP contribution in [0.4, 0.5) is 0 Å². The minimum absolute atomic E-state index is 0.236. The van der Waals surface area contributed by atoms with Crippen molar-refractivity contribution in [3.63, 3.8) is 0 Å². The summed E-state index contributed by atoms with van der Waals surface area (Å²) in [7, 11) is 4.48. The standard InChI is InChI=1S/C15H22N2O4S/c1-15(2,3)17-14(22)16-13(18)9-7-10(19-4)12(21-6)11(8-9)20-5/h7-8H,1-6H3,(H2,16,17,18,22). The first kappa shape index (κ1) is 18.0. The average Bonchev–Trinajstić information content (AvgIpc) is 2.43. The quantitative estimate of drug-likeness (QED) is 0.826. The Bertz CT molecular complexity index is 542. The van der Waals surface area contributed by atoms with Crippen molar-refractivity contribution >= 4 is 23.2 Å². The lowest BCUT2D eigenvalue weighted by Gasteiger charge is -2.22. The van der Waals surface area contributed by atoms with Gasteiger partial charge in [0, 0.05) is 11.1 Å². The summed E-state index contributed by atoms with van der Waals surface area (Å²) < 4.78 is 15.7. The summed E-state index contributed by atoms with van der Waals surface area (Å²) in [6, 6.07) is 3.13. The smallest absolute Gasteiger partial charge is 0.257 e. The predicted octanol–water partition coefficient (Wildman–Crippen LogP) is 2.12. The molecule has 0 aliphatic rings. The molecule has 0 heterocycles. The molecule has 0 aliphatic heterocycles. The Morgan fingerprint density at radius 1 is 1.05 bits per heavy atom. The molecular weight excluding hydrogens is 304 g/mol. The van der Waals surface area contributed by atoms with Gasteiger partial charge in [0.1, 0.15) is 0 Å². The fourth-order valence-corrected chi connectivity index (χ4v) is 2.16. The van der Waals surface area contributed by atoms with Crippen LogP contribution in [0.2, 0.25) is 0 Å². The van der Waals surface area contributed by atoms with Gasteiger partial charge in [0.25, 0.3) is 5.91 Å². The summed E-state index contributed by atoms with van der Waals surface area (Å²) in [6.07, 6.45) is 0. The Morgan fingerprint density at radius 3 is 1.91 bits per heavy atom. The molecule has 1 rings (SSSR count). The first-order chi connectivity index (χ1) is 10.2. The van der Waals surface area contributed by atoms with Crippen LogP contribution in [-0.2, 0) is 0 Å². The van der Waals surface area contributed by atoms with Crippen molar-refractivity contribution in [2.45, 2.75) is 26.3 Å². The van der Waals surface area contributed by atoms with Gasteiger partial charge >= 0.3 is 0 Å². The van der Waals surface area contributed by atoms with Gasteiger partial charge in [-0.25, -0.2) is 0 Å². The van der Waals surface area contributed by atoms with Crippen LogP contribution in [0.25, 0.3) is 0 Å². The van der Waals surface area contributed by atoms with Gasteiger partial charge in [-0.2, -0.15) is 0 Å². The highest BCUT2D eigenvalue weighted by atomic mass is 32.1. The van der Waals surface area contributed by atoms with Crippen molar-refractivity contribution in [2.75, 3.05) is 21.3 Å². The number of amides is 1. The Kier molecular flexibility index (Phi) is 5.99. The monoisotopic (exact) mass is 326 g/mol. The van der Waals surface area contributed by atoms with Crippen LogP contribution in [0, 0.1) is 0 Å². The van der Waals surface area contributed by atoms with E-state index in [4.69, 9.17) is 26.4 Å². The summed E-state index contributed by atoms with van der Waals surface area (Å²) in [4.78, 5) is 12.3. The second-order valence-electron chi connectivity index (χ2n) is 5.57. The third-order valence-corrected chi connectivity index (χ3v) is 2.85. The summed E-state index contributed by atoms with van der Waals surface area (Å²) in [5, 5.41) is 5.89. The average molecular weight is 326 g/mol. The van der Waals surface area contributed by atoms with Gasteiger partial charge in [0.15, 0.2) is 16.6 Å². The number of carbonyl (C=O) groups is 1. The molecule has 0 saturated carbocycles. The normalized spacial score (nSPS) is 10.6. The van der Waals surface area contributed by atoms with E-state index in [9.17, 15) is 4.79 Å². The molecule has 22 heavy (non-hydrogen) atoms. The number of hydrogen-bond acceptors (Lipinski definition) is 5. The third-order valence-electron chi connectivity index (χ3n) is 2.64. The van der Waals surface area contributed by atoms with Crippen molar-refractivity contribution in [1.29, 1.82) is 0 Å². The number of nitrogens with one attached hydrogen (secondary N) is 2. The van der Waals surface area contributed by atoms with Crippen LogP contribution in [0.15, 0.2) is 12.1 Å². The van der Waals surface area contributed by atoms with E-state index in [2.05, 4.69) is 10.6 Å². The minimum Gasteiger partial charge on any atom is -0.493 e. The second-order valence-corrected chi connectivity index (χ2v) is 5.98. The molecule has 1 aromatic carbocycles. The molecule has 0 aliphatic carbocycles. The molecule has 1 amide bonds. The Labute approximate surface area is 136 Å². The Morgan fingerprint density at radius 2 is 1.55 bits per heavy atom. The van der Waals surface area contributed by atoms with E-state index in [1.807, 2.05) is 20.8 Å². The molecule has 0 radical (unpaired) electrons. The summed E-state index contributed by atoms with van der Waals surface area (Å²) in [5.74, 6) is 0.876. The van der Waals surface area contributed by atoms with Crippen molar-refractivity contribution in [3.05, 3.63) is 17.7 Å². The third kappa shape index (κ3) is 4.77. The van der Waals surface area contributed by atoms with Gasteiger partial charge in [-0.15, -0.1) is 0 Å². The number of thiocarbonyl (C=S) groups is 1. The lowest BCUT2D eigenvalue weighted by atomic mass is 10.1. The lowest BCUT2D eigenvalue weighted by Crippen LogP contribution is -2.48. The summed E-state index contributed by atoms with van der Waals surface area (Å²) >= 11 is 5.12. The maximum atomic E-state index is 12.3. The van der Waals surface area contributed by atoms with Gasteiger partial charge in [-0.05, 0) is 45.1 Å². The van der Waals surface area contributed by atoms with E-state index in [0.29, 0.717) is 22.8 Å². The molecule has 2 N–H and O–H groups in total. The number of benzene rings is 1. The van der Waals surface area contributed by atoms with E-state index in [1.54, 1.807) is 12.1 Å². The summed E-state index contributed by atoms with van der Waals surface area (Å²) in [5.41, 5.74) is 0.118. The molecule has 1 aromatic rings. The van der Waals surface area contributed by atoms with Crippen LogP contribution in [0.1, 0.15) is 31.1 Å². The second kappa shape index (κ2) is 7.31. The fourth-order valence-electron chi connectivity index (χ4n) is 1.76. The zero-order chi connectivity index (χ0) is 16.9. The zero-order valence-corrected chi connectivity index (χ0v) is 14.5. The van der Waals surface area contributed by atoms with Gasteiger partial charge in [-0.3, -0.25) is 10.1 Å². The lowest BCUT2D eigenvalue weighted by molar-refractivity contribution is 0.0975. The van der Waals surface area contributed by atoms with Gasteiger partial charge in [0.2, 0.25) is 5.75 Å². The first-order valence-corrected chi connectivity index (χ1v) is 7.06. The zero-order valence-electron chi connectivity index (χ0n) is 13.7. The van der Waals surface area contributed by atoms with Crippen molar-refractivity contribution in [3.8, 4) is 17.2 Å². The van der Waals surface area contributed by atoms with Crippen molar-refractivity contribution in [2.24, 2.45) is 0 Å². The van der Waals surface area contributed by atoms with E-state index in [1.165, 1.54) is 21.3 Å². The van der Waals surface area contributed by atoms with Crippen LogP contribution in [0.3, 0.4) is 0 Å². The highest BCUT2D eigenvalue weighted by Gasteiger charge is 2.19. The minimum atomic E-state index is -0.360. The number of methoxy groups -OCH3 is 3. The SMILES string of the molecule is COc1cc(C(=O)NC(=S)NC(C)(C)C)cc(OC)c1OC. The Balaban J connectivity index is 3.01. The molecule has 0 saturated heterocycles. The molecular formula is C15H22N2O4S.